The molecule has 0 radical (unpaired) electrons. The molecule has 5 heteroatoms. The Balaban J connectivity index is 1.83. The second-order valence-electron chi connectivity index (χ2n) is 5.99. The maximum atomic E-state index is 10.5. The van der Waals surface area contributed by atoms with E-state index in [0.717, 1.165) is 23.1 Å². The minimum absolute atomic E-state index is 0.323. The summed E-state index contributed by atoms with van der Waals surface area (Å²) in [7, 11) is 1.58. The molecular weight excluding hydrogens is 342 g/mol. The molecule has 0 bridgehead atoms. The highest BCUT2D eigenvalue weighted by Crippen LogP contribution is 2.34. The average molecular weight is 363 g/mol. The van der Waals surface area contributed by atoms with Gasteiger partial charge in [-0.2, -0.15) is 0 Å². The van der Waals surface area contributed by atoms with Gasteiger partial charge in [0.1, 0.15) is 23.8 Å². The molecule has 138 valence electrons. The molecule has 2 aromatic carbocycles. The summed E-state index contributed by atoms with van der Waals surface area (Å²) in [4.78, 5) is 15.1. The van der Waals surface area contributed by atoms with Crippen molar-refractivity contribution in [1.82, 2.24) is 4.98 Å². The van der Waals surface area contributed by atoms with E-state index in [0.29, 0.717) is 23.1 Å². The van der Waals surface area contributed by atoms with Gasteiger partial charge in [-0.1, -0.05) is 30.3 Å². The zero-order valence-electron chi connectivity index (χ0n) is 15.5. The summed E-state index contributed by atoms with van der Waals surface area (Å²) in [6, 6.07) is 15.2. The van der Waals surface area contributed by atoms with Crippen LogP contribution in [0.2, 0.25) is 0 Å². The fourth-order valence-corrected chi connectivity index (χ4v) is 2.77. The highest BCUT2D eigenvalue weighted by molar-refractivity contribution is 5.74. The standard InChI is InChI=1S/C22H21NO4/c1-15(21-16(2)27-22(23-21)18-9-5-4-6-10-18)26-19-12-11-17(8-7-13-24)14-20(19)25-3/h4-15H,1-3H3. The molecule has 3 rings (SSSR count). The lowest BCUT2D eigenvalue weighted by Crippen LogP contribution is -2.06. The van der Waals surface area contributed by atoms with Crippen LogP contribution in [0.4, 0.5) is 0 Å². The van der Waals surface area contributed by atoms with Gasteiger partial charge in [-0.05, 0) is 49.8 Å². The molecule has 0 aliphatic rings. The van der Waals surface area contributed by atoms with Crippen LogP contribution in [0.3, 0.4) is 0 Å². The van der Waals surface area contributed by atoms with Crippen LogP contribution in [0.1, 0.15) is 30.0 Å². The molecule has 0 amide bonds. The van der Waals surface area contributed by atoms with E-state index in [1.807, 2.05) is 62.4 Å². The minimum Gasteiger partial charge on any atom is -0.493 e. The molecular formula is C22H21NO4. The molecule has 3 aromatic rings. The number of hydrogen-bond acceptors (Lipinski definition) is 5. The Morgan fingerprint density at radius 2 is 1.89 bits per heavy atom. The maximum Gasteiger partial charge on any atom is 0.226 e. The van der Waals surface area contributed by atoms with Crippen molar-refractivity contribution in [2.24, 2.45) is 0 Å². The Morgan fingerprint density at radius 1 is 1.11 bits per heavy atom. The number of aryl methyl sites for hydroxylation is 1. The number of carbonyl (C=O) groups excluding carboxylic acids is 1. The van der Waals surface area contributed by atoms with E-state index in [9.17, 15) is 4.79 Å². The number of oxazole rings is 1. The zero-order valence-corrected chi connectivity index (χ0v) is 15.5. The summed E-state index contributed by atoms with van der Waals surface area (Å²) in [6.07, 6.45) is 3.55. The Kier molecular flexibility index (Phi) is 5.71. The Hall–Kier alpha value is -3.34. The molecule has 5 nitrogen and oxygen atoms in total. The van der Waals surface area contributed by atoms with Gasteiger partial charge in [0.05, 0.1) is 7.11 Å². The fourth-order valence-electron chi connectivity index (χ4n) is 2.77. The predicted octanol–water partition coefficient (Wildman–Crippen LogP) is 5.01. The number of benzene rings is 2. The number of aldehydes is 1. The van der Waals surface area contributed by atoms with Crippen LogP contribution in [0.5, 0.6) is 11.5 Å². The third kappa shape index (κ3) is 4.26. The molecule has 1 heterocycles. The van der Waals surface area contributed by atoms with E-state index in [1.165, 1.54) is 6.08 Å². The van der Waals surface area contributed by atoms with Crippen LogP contribution in [-0.4, -0.2) is 18.4 Å². The second kappa shape index (κ2) is 8.36. The van der Waals surface area contributed by atoms with Gasteiger partial charge in [-0.25, -0.2) is 4.98 Å². The largest absolute Gasteiger partial charge is 0.493 e. The van der Waals surface area contributed by atoms with E-state index in [4.69, 9.17) is 13.9 Å². The third-order valence-electron chi connectivity index (χ3n) is 4.10. The van der Waals surface area contributed by atoms with Crippen molar-refractivity contribution in [3.05, 3.63) is 71.6 Å². The topological polar surface area (TPSA) is 61.6 Å². The van der Waals surface area contributed by atoms with Crippen molar-refractivity contribution >= 4 is 12.4 Å². The molecule has 0 saturated heterocycles. The number of carbonyl (C=O) groups is 1. The molecule has 0 N–H and O–H groups in total. The number of aromatic nitrogens is 1. The second-order valence-corrected chi connectivity index (χ2v) is 5.99. The van der Waals surface area contributed by atoms with Crippen molar-refractivity contribution in [1.29, 1.82) is 0 Å². The van der Waals surface area contributed by atoms with E-state index >= 15 is 0 Å². The van der Waals surface area contributed by atoms with Crippen LogP contribution in [0, 0.1) is 6.92 Å². The zero-order chi connectivity index (χ0) is 19.2. The quantitative estimate of drug-likeness (QED) is 0.436. The predicted molar refractivity (Wildman–Crippen MR) is 104 cm³/mol. The molecule has 0 saturated carbocycles. The van der Waals surface area contributed by atoms with Crippen molar-refractivity contribution < 1.29 is 18.7 Å². The molecule has 27 heavy (non-hydrogen) atoms. The number of nitrogens with zero attached hydrogens (tertiary/aromatic N) is 1. The van der Waals surface area contributed by atoms with Gasteiger partial charge in [0, 0.05) is 5.56 Å². The van der Waals surface area contributed by atoms with Crippen molar-refractivity contribution in [2.75, 3.05) is 7.11 Å². The molecule has 1 aromatic heterocycles. The Morgan fingerprint density at radius 3 is 2.59 bits per heavy atom. The number of methoxy groups -OCH3 is 1. The van der Waals surface area contributed by atoms with Crippen molar-refractivity contribution in [3.63, 3.8) is 0 Å². The molecule has 1 atom stereocenters. The molecule has 0 fully saturated rings. The van der Waals surface area contributed by atoms with Crippen LogP contribution in [0.15, 0.2) is 59.0 Å². The van der Waals surface area contributed by atoms with E-state index < -0.39 is 0 Å². The first-order chi connectivity index (χ1) is 13.1. The normalized spacial score (nSPS) is 12.1. The molecule has 0 aliphatic carbocycles. The van der Waals surface area contributed by atoms with Crippen LogP contribution in [-0.2, 0) is 4.79 Å². The lowest BCUT2D eigenvalue weighted by molar-refractivity contribution is -0.104. The van der Waals surface area contributed by atoms with Crippen molar-refractivity contribution in [2.45, 2.75) is 20.0 Å². The summed E-state index contributed by atoms with van der Waals surface area (Å²) in [6.45, 7) is 3.79. The monoisotopic (exact) mass is 363 g/mol. The van der Waals surface area contributed by atoms with Crippen molar-refractivity contribution in [3.8, 4) is 23.0 Å². The number of hydrogen-bond donors (Lipinski definition) is 0. The van der Waals surface area contributed by atoms with Gasteiger partial charge in [-0.3, -0.25) is 4.79 Å². The summed E-state index contributed by atoms with van der Waals surface area (Å²) < 4.78 is 17.3. The molecule has 1 unspecified atom stereocenters. The lowest BCUT2D eigenvalue weighted by atomic mass is 10.2. The van der Waals surface area contributed by atoms with Crippen LogP contribution in [0.25, 0.3) is 17.5 Å². The Bertz CT molecular complexity index is 944. The lowest BCUT2D eigenvalue weighted by Gasteiger charge is -2.16. The SMILES string of the molecule is COc1cc(C=CC=O)ccc1OC(C)c1nc(-c2ccccc2)oc1C. The average Bonchev–Trinajstić information content (AvgIpc) is 3.09. The summed E-state index contributed by atoms with van der Waals surface area (Å²) in [5.74, 6) is 2.46. The summed E-state index contributed by atoms with van der Waals surface area (Å²) in [5, 5.41) is 0. The number of rotatable bonds is 7. The first-order valence-corrected chi connectivity index (χ1v) is 8.61. The minimum atomic E-state index is -0.323. The van der Waals surface area contributed by atoms with Gasteiger partial charge in [0.15, 0.2) is 11.5 Å². The highest BCUT2D eigenvalue weighted by atomic mass is 16.5. The first-order valence-electron chi connectivity index (χ1n) is 8.61. The maximum absolute atomic E-state index is 10.5. The van der Waals surface area contributed by atoms with Gasteiger partial charge in [0.25, 0.3) is 0 Å². The third-order valence-corrected chi connectivity index (χ3v) is 4.10. The van der Waals surface area contributed by atoms with E-state index in [1.54, 1.807) is 13.2 Å². The molecule has 0 spiro atoms. The summed E-state index contributed by atoms with van der Waals surface area (Å²) in [5.41, 5.74) is 2.51. The number of ether oxygens (including phenoxy) is 2. The van der Waals surface area contributed by atoms with Crippen LogP contribution < -0.4 is 9.47 Å². The summed E-state index contributed by atoms with van der Waals surface area (Å²) >= 11 is 0. The van der Waals surface area contributed by atoms with Gasteiger partial charge < -0.3 is 13.9 Å². The van der Waals surface area contributed by atoms with Crippen LogP contribution >= 0.6 is 0 Å². The molecule has 0 aliphatic heterocycles. The smallest absolute Gasteiger partial charge is 0.226 e. The van der Waals surface area contributed by atoms with Gasteiger partial charge in [-0.15, -0.1) is 0 Å². The van der Waals surface area contributed by atoms with E-state index in [-0.39, 0.29) is 6.10 Å². The number of allylic oxidation sites excluding steroid dienone is 1. The fraction of sp³-hybridized carbons (Fsp3) is 0.182. The van der Waals surface area contributed by atoms with Gasteiger partial charge >= 0.3 is 0 Å². The Labute approximate surface area is 158 Å². The highest BCUT2D eigenvalue weighted by Gasteiger charge is 2.20. The first kappa shape index (κ1) is 18.5. The van der Waals surface area contributed by atoms with Gasteiger partial charge in [0.2, 0.25) is 5.89 Å². The van der Waals surface area contributed by atoms with E-state index in [2.05, 4.69) is 4.98 Å².